The normalized spacial score (nSPS) is 30.5. The van der Waals surface area contributed by atoms with E-state index in [0.717, 1.165) is 25.7 Å². The van der Waals surface area contributed by atoms with Gasteiger partial charge in [-0.2, -0.15) is 0 Å². The van der Waals surface area contributed by atoms with E-state index >= 15 is 0 Å². The van der Waals surface area contributed by atoms with Crippen LogP contribution in [0.2, 0.25) is 0 Å². The Morgan fingerprint density at radius 2 is 2.15 bits per heavy atom. The van der Waals surface area contributed by atoms with Crippen LogP contribution >= 0.6 is 0 Å². The Labute approximate surface area is 118 Å². The molecule has 2 atom stereocenters. The molecule has 0 aliphatic heterocycles. The Morgan fingerprint density at radius 3 is 2.75 bits per heavy atom. The Bertz CT molecular complexity index is 336. The van der Waals surface area contributed by atoms with Crippen LogP contribution in [0, 0.1) is 0 Å². The number of nitrogens with one attached hydrogen (secondary N) is 1. The van der Waals surface area contributed by atoms with Gasteiger partial charge in [-0.05, 0) is 39.0 Å². The summed E-state index contributed by atoms with van der Waals surface area (Å²) in [6.45, 7) is 1.54. The maximum absolute atomic E-state index is 12.3. The highest BCUT2D eigenvalue weighted by atomic mass is 19.3. The van der Waals surface area contributed by atoms with Crippen LogP contribution in [0.15, 0.2) is 0 Å². The SMILES string of the molecule is CCOC(=O)C1(NC2CC2)CCCC(OCC(F)F)C1. The van der Waals surface area contributed by atoms with Gasteiger partial charge in [0.25, 0.3) is 6.43 Å². The molecular formula is C14H23F2NO3. The van der Waals surface area contributed by atoms with Gasteiger partial charge in [-0.3, -0.25) is 10.1 Å². The zero-order valence-electron chi connectivity index (χ0n) is 11.9. The zero-order valence-corrected chi connectivity index (χ0v) is 11.9. The van der Waals surface area contributed by atoms with Crippen LogP contribution in [0.4, 0.5) is 8.78 Å². The van der Waals surface area contributed by atoms with E-state index in [9.17, 15) is 13.6 Å². The van der Waals surface area contributed by atoms with Crippen LogP contribution < -0.4 is 5.32 Å². The predicted molar refractivity (Wildman–Crippen MR) is 69.7 cm³/mol. The van der Waals surface area contributed by atoms with Gasteiger partial charge < -0.3 is 9.47 Å². The van der Waals surface area contributed by atoms with E-state index in [1.54, 1.807) is 6.92 Å². The highest BCUT2D eigenvalue weighted by Crippen LogP contribution is 2.35. The summed E-state index contributed by atoms with van der Waals surface area (Å²) >= 11 is 0. The number of esters is 1. The molecule has 2 aliphatic carbocycles. The van der Waals surface area contributed by atoms with Gasteiger partial charge in [0.15, 0.2) is 0 Å². The van der Waals surface area contributed by atoms with E-state index < -0.39 is 18.6 Å². The largest absolute Gasteiger partial charge is 0.465 e. The van der Waals surface area contributed by atoms with E-state index in [-0.39, 0.29) is 12.1 Å². The van der Waals surface area contributed by atoms with Gasteiger partial charge in [-0.1, -0.05) is 0 Å². The topological polar surface area (TPSA) is 47.6 Å². The van der Waals surface area contributed by atoms with Crippen molar-refractivity contribution in [1.82, 2.24) is 5.32 Å². The van der Waals surface area contributed by atoms with Crippen molar-refractivity contribution < 1.29 is 23.0 Å². The summed E-state index contributed by atoms with van der Waals surface area (Å²) in [6, 6.07) is 0.355. The van der Waals surface area contributed by atoms with Crippen LogP contribution in [0.3, 0.4) is 0 Å². The smallest absolute Gasteiger partial charge is 0.326 e. The molecule has 0 aromatic heterocycles. The molecule has 116 valence electrons. The summed E-state index contributed by atoms with van der Waals surface area (Å²) in [6.07, 6.45) is 1.98. The maximum Gasteiger partial charge on any atom is 0.326 e. The summed E-state index contributed by atoms with van der Waals surface area (Å²) in [4.78, 5) is 12.3. The first-order valence-corrected chi connectivity index (χ1v) is 7.40. The molecule has 2 fully saturated rings. The van der Waals surface area contributed by atoms with E-state index in [1.165, 1.54) is 0 Å². The molecule has 1 N–H and O–H groups in total. The van der Waals surface area contributed by atoms with Gasteiger partial charge in [-0.25, -0.2) is 8.78 Å². The average Bonchev–Trinajstić information content (AvgIpc) is 3.21. The van der Waals surface area contributed by atoms with Crippen molar-refractivity contribution in [2.75, 3.05) is 13.2 Å². The van der Waals surface area contributed by atoms with Crippen molar-refractivity contribution in [1.29, 1.82) is 0 Å². The molecule has 2 unspecified atom stereocenters. The monoisotopic (exact) mass is 291 g/mol. The summed E-state index contributed by atoms with van der Waals surface area (Å²) in [5.41, 5.74) is -0.748. The molecule has 0 heterocycles. The molecule has 0 radical (unpaired) electrons. The van der Waals surface area contributed by atoms with Crippen molar-refractivity contribution in [2.24, 2.45) is 0 Å². The second kappa shape index (κ2) is 6.80. The molecule has 0 bridgehead atoms. The zero-order chi connectivity index (χ0) is 14.6. The lowest BCUT2D eigenvalue weighted by Gasteiger charge is -2.39. The fraction of sp³-hybridized carbons (Fsp3) is 0.929. The third-order valence-electron chi connectivity index (χ3n) is 3.89. The standard InChI is InChI=1S/C14H23F2NO3/c1-2-19-13(18)14(17-10-5-6-10)7-3-4-11(8-14)20-9-12(15)16/h10-12,17H,2-9H2,1H3. The quantitative estimate of drug-likeness (QED) is 0.731. The molecule has 0 saturated heterocycles. The molecule has 2 saturated carbocycles. The van der Waals surface area contributed by atoms with Gasteiger partial charge in [0, 0.05) is 12.5 Å². The summed E-state index contributed by atoms with van der Waals surface area (Å²) < 4.78 is 34.9. The van der Waals surface area contributed by atoms with Crippen LogP contribution in [0.25, 0.3) is 0 Å². The van der Waals surface area contributed by atoms with E-state index in [1.807, 2.05) is 0 Å². The van der Waals surface area contributed by atoms with Crippen molar-refractivity contribution >= 4 is 5.97 Å². The summed E-state index contributed by atoms with van der Waals surface area (Å²) in [5, 5.41) is 3.37. The van der Waals surface area contributed by atoms with Crippen molar-refractivity contribution in [3.8, 4) is 0 Å². The lowest BCUT2D eigenvalue weighted by Crippen LogP contribution is -2.57. The lowest BCUT2D eigenvalue weighted by atomic mass is 9.79. The first-order chi connectivity index (χ1) is 9.55. The van der Waals surface area contributed by atoms with Crippen LogP contribution in [0.1, 0.15) is 45.4 Å². The van der Waals surface area contributed by atoms with Gasteiger partial charge in [0.2, 0.25) is 0 Å². The summed E-state index contributed by atoms with van der Waals surface area (Å²) in [7, 11) is 0. The van der Waals surface area contributed by atoms with Crippen LogP contribution in [0.5, 0.6) is 0 Å². The minimum atomic E-state index is -2.47. The highest BCUT2D eigenvalue weighted by molar-refractivity contribution is 5.81. The molecule has 0 aromatic rings. The third kappa shape index (κ3) is 4.12. The summed E-state index contributed by atoms with van der Waals surface area (Å²) in [5.74, 6) is -0.266. The number of alkyl halides is 2. The molecule has 20 heavy (non-hydrogen) atoms. The fourth-order valence-corrected chi connectivity index (χ4v) is 2.84. The van der Waals surface area contributed by atoms with E-state index in [2.05, 4.69) is 5.32 Å². The maximum atomic E-state index is 12.3. The molecular weight excluding hydrogens is 268 g/mol. The third-order valence-corrected chi connectivity index (χ3v) is 3.89. The van der Waals surface area contributed by atoms with Gasteiger partial charge in [0.1, 0.15) is 12.1 Å². The van der Waals surface area contributed by atoms with Crippen molar-refractivity contribution in [3.05, 3.63) is 0 Å². The van der Waals surface area contributed by atoms with Crippen LogP contribution in [-0.4, -0.2) is 43.3 Å². The molecule has 0 aromatic carbocycles. The lowest BCUT2D eigenvalue weighted by molar-refractivity contribution is -0.156. The van der Waals surface area contributed by atoms with Crippen LogP contribution in [-0.2, 0) is 14.3 Å². The number of carbonyl (C=O) groups excluding carboxylic acids is 1. The minimum Gasteiger partial charge on any atom is -0.465 e. The van der Waals surface area contributed by atoms with E-state index in [4.69, 9.17) is 9.47 Å². The van der Waals surface area contributed by atoms with Gasteiger partial charge >= 0.3 is 5.97 Å². The Morgan fingerprint density at radius 1 is 1.40 bits per heavy atom. The van der Waals surface area contributed by atoms with E-state index in [0.29, 0.717) is 25.5 Å². The number of ether oxygens (including phenoxy) is 2. The minimum absolute atomic E-state index is 0.266. The Kier molecular flexibility index (Phi) is 5.32. The van der Waals surface area contributed by atoms with Crippen molar-refractivity contribution in [3.63, 3.8) is 0 Å². The molecule has 4 nitrogen and oxygen atoms in total. The van der Waals surface area contributed by atoms with Crippen molar-refractivity contribution in [2.45, 2.75) is 69.6 Å². The second-order valence-electron chi connectivity index (χ2n) is 5.66. The number of carbonyl (C=O) groups is 1. The molecule has 0 amide bonds. The number of halogens is 2. The first-order valence-electron chi connectivity index (χ1n) is 7.40. The molecule has 0 spiro atoms. The Hall–Kier alpha value is -0.750. The first kappa shape index (κ1) is 15.6. The Balaban J connectivity index is 1.99. The molecule has 6 heteroatoms. The predicted octanol–water partition coefficient (Wildman–Crippen LogP) is 2.26. The second-order valence-corrected chi connectivity index (χ2v) is 5.66. The number of hydrogen-bond acceptors (Lipinski definition) is 4. The fourth-order valence-electron chi connectivity index (χ4n) is 2.84. The van der Waals surface area contributed by atoms with Gasteiger partial charge in [0.05, 0.1) is 12.7 Å². The molecule has 2 aliphatic rings. The number of rotatable bonds is 7. The average molecular weight is 291 g/mol. The molecule has 2 rings (SSSR count). The number of hydrogen-bond donors (Lipinski definition) is 1. The highest BCUT2D eigenvalue weighted by Gasteiger charge is 2.47. The van der Waals surface area contributed by atoms with Gasteiger partial charge in [-0.15, -0.1) is 0 Å².